The zero-order valence-corrected chi connectivity index (χ0v) is 15.5. The predicted molar refractivity (Wildman–Crippen MR) is 106 cm³/mol. The van der Waals surface area contributed by atoms with E-state index >= 15 is 0 Å². The Labute approximate surface area is 163 Å². The molecule has 1 aromatic carbocycles. The molecule has 0 atom stereocenters. The van der Waals surface area contributed by atoms with Crippen molar-refractivity contribution in [3.63, 3.8) is 0 Å². The van der Waals surface area contributed by atoms with Gasteiger partial charge in [-0.1, -0.05) is 12.1 Å². The fraction of sp³-hybridized carbons (Fsp3) is 0.286. The number of benzene rings is 1. The highest BCUT2D eigenvalue weighted by Gasteiger charge is 2.12. The van der Waals surface area contributed by atoms with E-state index in [4.69, 9.17) is 4.74 Å². The topological polar surface area (TPSA) is 63.2 Å². The Morgan fingerprint density at radius 3 is 2.68 bits per heavy atom. The molecule has 0 spiro atoms. The summed E-state index contributed by atoms with van der Waals surface area (Å²) in [5, 5.41) is 3.31. The number of halogens is 1. The Morgan fingerprint density at radius 2 is 1.89 bits per heavy atom. The molecular formula is C21H22FN5O. The number of nitrogens with zero attached hydrogens (tertiary/aromatic N) is 4. The maximum atomic E-state index is 13.2. The van der Waals surface area contributed by atoms with Crippen LogP contribution in [0.25, 0.3) is 0 Å². The number of pyridine rings is 1. The molecule has 3 heterocycles. The number of hydrogen-bond donors (Lipinski definition) is 1. The van der Waals surface area contributed by atoms with E-state index in [1.807, 2.05) is 12.1 Å². The van der Waals surface area contributed by atoms with Gasteiger partial charge in [-0.2, -0.15) is 0 Å². The van der Waals surface area contributed by atoms with E-state index in [0.717, 1.165) is 30.3 Å². The van der Waals surface area contributed by atoms with Gasteiger partial charge in [-0.05, 0) is 37.0 Å². The predicted octanol–water partition coefficient (Wildman–Crippen LogP) is 4.41. The fourth-order valence-electron chi connectivity index (χ4n) is 3.16. The summed E-state index contributed by atoms with van der Waals surface area (Å²) in [6.07, 6.45) is 7.04. The van der Waals surface area contributed by atoms with Crippen molar-refractivity contribution in [1.29, 1.82) is 0 Å². The standard InChI is InChI=1S/C21H22FN5O/c22-17-5-4-6-18(11-17)28-21-8-7-16(14-24-21)13-23-19-12-20(26-15-25-19)27-9-2-1-3-10-27/h4-8,11-12,14-15H,1-3,9-10,13H2,(H,23,25,26). The summed E-state index contributed by atoms with van der Waals surface area (Å²) in [5.74, 6) is 2.25. The highest BCUT2D eigenvalue weighted by Crippen LogP contribution is 2.21. The molecule has 0 aliphatic carbocycles. The molecular weight excluding hydrogens is 357 g/mol. The molecule has 1 fully saturated rings. The van der Waals surface area contributed by atoms with Crippen LogP contribution in [-0.4, -0.2) is 28.0 Å². The molecule has 0 radical (unpaired) electrons. The first-order valence-corrected chi connectivity index (χ1v) is 9.45. The van der Waals surface area contributed by atoms with Gasteiger partial charge >= 0.3 is 0 Å². The van der Waals surface area contributed by atoms with Crippen molar-refractivity contribution in [3.8, 4) is 11.6 Å². The first-order chi connectivity index (χ1) is 13.8. The highest BCUT2D eigenvalue weighted by molar-refractivity contribution is 5.48. The van der Waals surface area contributed by atoms with E-state index < -0.39 is 0 Å². The fourth-order valence-corrected chi connectivity index (χ4v) is 3.16. The average molecular weight is 379 g/mol. The summed E-state index contributed by atoms with van der Waals surface area (Å²) in [6, 6.07) is 11.7. The normalized spacial score (nSPS) is 14.0. The van der Waals surface area contributed by atoms with Gasteiger partial charge in [0.1, 0.15) is 29.5 Å². The van der Waals surface area contributed by atoms with Crippen molar-refractivity contribution in [2.75, 3.05) is 23.3 Å². The third-order valence-corrected chi connectivity index (χ3v) is 4.62. The summed E-state index contributed by atoms with van der Waals surface area (Å²) in [4.78, 5) is 15.3. The lowest BCUT2D eigenvalue weighted by Crippen LogP contribution is -2.30. The molecule has 1 N–H and O–H groups in total. The number of aromatic nitrogens is 3. The molecule has 28 heavy (non-hydrogen) atoms. The van der Waals surface area contributed by atoms with Crippen LogP contribution < -0.4 is 15.0 Å². The van der Waals surface area contributed by atoms with Crippen LogP contribution >= 0.6 is 0 Å². The maximum Gasteiger partial charge on any atom is 0.219 e. The summed E-state index contributed by atoms with van der Waals surface area (Å²) in [7, 11) is 0. The van der Waals surface area contributed by atoms with E-state index in [1.54, 1.807) is 30.7 Å². The quantitative estimate of drug-likeness (QED) is 0.685. The van der Waals surface area contributed by atoms with Crippen molar-refractivity contribution >= 4 is 11.6 Å². The molecule has 3 aromatic rings. The number of ether oxygens (including phenoxy) is 1. The van der Waals surface area contributed by atoms with E-state index in [-0.39, 0.29) is 5.82 Å². The van der Waals surface area contributed by atoms with Gasteiger partial charge in [-0.25, -0.2) is 19.3 Å². The number of nitrogens with one attached hydrogen (secondary N) is 1. The monoisotopic (exact) mass is 379 g/mol. The Hall–Kier alpha value is -3.22. The lowest BCUT2D eigenvalue weighted by molar-refractivity contribution is 0.458. The Morgan fingerprint density at radius 1 is 1.00 bits per heavy atom. The van der Waals surface area contributed by atoms with Crippen LogP contribution in [0, 0.1) is 5.82 Å². The van der Waals surface area contributed by atoms with Crippen LogP contribution in [0.5, 0.6) is 11.6 Å². The van der Waals surface area contributed by atoms with Crippen molar-refractivity contribution in [2.45, 2.75) is 25.8 Å². The molecule has 0 saturated carbocycles. The molecule has 0 unspecified atom stereocenters. The second-order valence-corrected chi connectivity index (χ2v) is 6.73. The molecule has 0 bridgehead atoms. The van der Waals surface area contributed by atoms with Crippen LogP contribution in [0.15, 0.2) is 55.0 Å². The minimum Gasteiger partial charge on any atom is -0.439 e. The summed E-state index contributed by atoms with van der Waals surface area (Å²) in [5.41, 5.74) is 0.990. The number of hydrogen-bond acceptors (Lipinski definition) is 6. The van der Waals surface area contributed by atoms with Crippen molar-refractivity contribution in [3.05, 3.63) is 66.4 Å². The first kappa shape index (κ1) is 18.2. The smallest absolute Gasteiger partial charge is 0.219 e. The van der Waals surface area contributed by atoms with Crippen LogP contribution in [0.3, 0.4) is 0 Å². The third-order valence-electron chi connectivity index (χ3n) is 4.62. The molecule has 0 amide bonds. The van der Waals surface area contributed by atoms with Gasteiger partial charge in [-0.3, -0.25) is 0 Å². The van der Waals surface area contributed by atoms with E-state index in [2.05, 4.69) is 25.2 Å². The molecule has 6 nitrogen and oxygen atoms in total. The Bertz CT molecular complexity index is 913. The van der Waals surface area contributed by atoms with Crippen molar-refractivity contribution in [2.24, 2.45) is 0 Å². The van der Waals surface area contributed by atoms with Crippen LogP contribution in [0.1, 0.15) is 24.8 Å². The minimum absolute atomic E-state index is 0.341. The lowest BCUT2D eigenvalue weighted by Gasteiger charge is -2.27. The number of anilines is 2. The molecule has 1 saturated heterocycles. The van der Waals surface area contributed by atoms with E-state index in [0.29, 0.717) is 18.2 Å². The maximum absolute atomic E-state index is 13.2. The van der Waals surface area contributed by atoms with Crippen molar-refractivity contribution in [1.82, 2.24) is 15.0 Å². The molecule has 2 aromatic heterocycles. The van der Waals surface area contributed by atoms with Gasteiger partial charge in [0.25, 0.3) is 0 Å². The second-order valence-electron chi connectivity index (χ2n) is 6.73. The molecule has 1 aliphatic rings. The second kappa shape index (κ2) is 8.65. The minimum atomic E-state index is -0.341. The largest absolute Gasteiger partial charge is 0.439 e. The van der Waals surface area contributed by atoms with Gasteiger partial charge in [0.2, 0.25) is 5.88 Å². The molecule has 7 heteroatoms. The van der Waals surface area contributed by atoms with E-state index in [9.17, 15) is 4.39 Å². The van der Waals surface area contributed by atoms with Crippen LogP contribution in [0.4, 0.5) is 16.0 Å². The summed E-state index contributed by atoms with van der Waals surface area (Å²) >= 11 is 0. The zero-order valence-electron chi connectivity index (χ0n) is 15.5. The Balaban J connectivity index is 1.35. The van der Waals surface area contributed by atoms with Gasteiger partial charge in [-0.15, -0.1) is 0 Å². The van der Waals surface area contributed by atoms with Gasteiger partial charge in [0.15, 0.2) is 0 Å². The van der Waals surface area contributed by atoms with Crippen LogP contribution in [-0.2, 0) is 6.54 Å². The average Bonchev–Trinajstić information content (AvgIpc) is 2.74. The summed E-state index contributed by atoms with van der Waals surface area (Å²) in [6.45, 7) is 2.68. The molecule has 4 rings (SSSR count). The first-order valence-electron chi connectivity index (χ1n) is 9.45. The summed E-state index contributed by atoms with van der Waals surface area (Å²) < 4.78 is 18.8. The van der Waals surface area contributed by atoms with Crippen LogP contribution in [0.2, 0.25) is 0 Å². The third kappa shape index (κ3) is 4.73. The van der Waals surface area contributed by atoms with Gasteiger partial charge < -0.3 is 15.0 Å². The van der Waals surface area contributed by atoms with Crippen molar-refractivity contribution < 1.29 is 9.13 Å². The van der Waals surface area contributed by atoms with E-state index in [1.165, 1.54) is 31.4 Å². The highest BCUT2D eigenvalue weighted by atomic mass is 19.1. The molecule has 1 aliphatic heterocycles. The van der Waals surface area contributed by atoms with Gasteiger partial charge in [0.05, 0.1) is 0 Å². The Kier molecular flexibility index (Phi) is 5.61. The number of piperidine rings is 1. The SMILES string of the molecule is Fc1cccc(Oc2ccc(CNc3cc(N4CCCCC4)ncn3)cn2)c1. The van der Waals surface area contributed by atoms with Gasteiger partial charge in [0, 0.05) is 44.0 Å². The lowest BCUT2D eigenvalue weighted by atomic mass is 10.1. The number of rotatable bonds is 6. The molecule has 144 valence electrons. The zero-order chi connectivity index (χ0) is 19.2.